The zero-order valence-electron chi connectivity index (χ0n) is 12.2. The Kier molecular flexibility index (Phi) is 5.38. The third-order valence-corrected chi connectivity index (χ3v) is 3.39. The molecule has 0 aliphatic carbocycles. The minimum absolute atomic E-state index is 0.366. The molecule has 110 valence electrons. The number of hydrogen-bond acceptors (Lipinski definition) is 2. The Hall–Kier alpha value is -2.29. The van der Waals surface area contributed by atoms with E-state index in [4.69, 9.17) is 9.84 Å². The van der Waals surface area contributed by atoms with Crippen LogP contribution in [0.1, 0.15) is 18.1 Å². The molecule has 0 fully saturated rings. The normalized spacial score (nSPS) is 11.9. The molecule has 1 N–H and O–H groups in total. The van der Waals surface area contributed by atoms with Crippen LogP contribution in [0.15, 0.2) is 54.6 Å². The van der Waals surface area contributed by atoms with Gasteiger partial charge in [0.15, 0.2) is 0 Å². The van der Waals surface area contributed by atoms with E-state index in [0.717, 1.165) is 17.7 Å². The van der Waals surface area contributed by atoms with Crippen molar-refractivity contribution in [1.29, 1.82) is 0 Å². The minimum Gasteiger partial charge on any atom is -0.493 e. The molecular weight excluding hydrogens is 264 g/mol. The number of hydrogen-bond donors (Lipinski definition) is 1. The van der Waals surface area contributed by atoms with Gasteiger partial charge in [-0.2, -0.15) is 0 Å². The van der Waals surface area contributed by atoms with Gasteiger partial charge in [-0.3, -0.25) is 4.79 Å². The summed E-state index contributed by atoms with van der Waals surface area (Å²) >= 11 is 0. The lowest BCUT2D eigenvalue weighted by atomic mass is 10.0. The van der Waals surface area contributed by atoms with Crippen molar-refractivity contribution in [2.75, 3.05) is 6.61 Å². The van der Waals surface area contributed by atoms with E-state index in [1.54, 1.807) is 6.92 Å². The van der Waals surface area contributed by atoms with Crippen LogP contribution in [0.2, 0.25) is 0 Å². The van der Waals surface area contributed by atoms with E-state index in [2.05, 4.69) is 12.1 Å². The molecule has 0 saturated carbocycles. The summed E-state index contributed by atoms with van der Waals surface area (Å²) in [5.41, 5.74) is 2.27. The zero-order chi connectivity index (χ0) is 15.1. The summed E-state index contributed by atoms with van der Waals surface area (Å²) < 4.78 is 5.70. The van der Waals surface area contributed by atoms with Crippen molar-refractivity contribution < 1.29 is 14.6 Å². The number of benzene rings is 2. The molecule has 0 unspecified atom stereocenters. The Morgan fingerprint density at radius 1 is 1.05 bits per heavy atom. The summed E-state index contributed by atoms with van der Waals surface area (Å²) in [4.78, 5) is 10.8. The van der Waals surface area contributed by atoms with E-state index >= 15 is 0 Å². The maximum absolute atomic E-state index is 10.8. The first-order valence-corrected chi connectivity index (χ1v) is 7.13. The van der Waals surface area contributed by atoms with Crippen LogP contribution in [0.3, 0.4) is 0 Å². The van der Waals surface area contributed by atoms with Crippen molar-refractivity contribution in [2.45, 2.75) is 19.8 Å². The molecule has 3 heteroatoms. The summed E-state index contributed by atoms with van der Waals surface area (Å²) in [7, 11) is 0. The van der Waals surface area contributed by atoms with Gasteiger partial charge in [-0.25, -0.2) is 0 Å². The van der Waals surface area contributed by atoms with Crippen molar-refractivity contribution in [3.8, 4) is 5.75 Å². The van der Waals surface area contributed by atoms with Crippen LogP contribution in [-0.4, -0.2) is 17.7 Å². The van der Waals surface area contributed by atoms with Gasteiger partial charge < -0.3 is 9.84 Å². The number of carbonyl (C=O) groups is 1. The van der Waals surface area contributed by atoms with Crippen LogP contribution in [0.25, 0.3) is 0 Å². The van der Waals surface area contributed by atoms with Gasteiger partial charge in [-0.1, -0.05) is 49.4 Å². The zero-order valence-corrected chi connectivity index (χ0v) is 12.2. The molecular formula is C18H20O3. The topological polar surface area (TPSA) is 46.5 Å². The largest absolute Gasteiger partial charge is 0.493 e. The third kappa shape index (κ3) is 4.95. The lowest BCUT2D eigenvalue weighted by Gasteiger charge is -2.09. The molecule has 0 amide bonds. The smallest absolute Gasteiger partial charge is 0.306 e. The fourth-order valence-corrected chi connectivity index (χ4v) is 2.09. The molecule has 0 aliphatic heterocycles. The average molecular weight is 284 g/mol. The van der Waals surface area contributed by atoms with Gasteiger partial charge in [0.05, 0.1) is 12.5 Å². The standard InChI is InChI=1S/C18H20O3/c1-14(18(19)20)13-16-7-9-17(10-8-16)21-12-11-15-5-3-2-4-6-15/h2-10,14H,11-13H2,1H3,(H,19,20)/t14-/m0/s1. The minimum atomic E-state index is -0.766. The van der Waals surface area contributed by atoms with E-state index in [-0.39, 0.29) is 5.92 Å². The number of carboxylic acids is 1. The molecule has 2 aromatic carbocycles. The number of rotatable bonds is 7. The molecule has 0 saturated heterocycles. The van der Waals surface area contributed by atoms with Gasteiger partial charge in [0.25, 0.3) is 0 Å². The van der Waals surface area contributed by atoms with Gasteiger partial charge >= 0.3 is 5.97 Å². The van der Waals surface area contributed by atoms with Crippen LogP contribution >= 0.6 is 0 Å². The molecule has 2 aromatic rings. The summed E-state index contributed by atoms with van der Waals surface area (Å²) in [6.07, 6.45) is 1.41. The Labute approximate surface area is 125 Å². The van der Waals surface area contributed by atoms with Crippen molar-refractivity contribution in [2.24, 2.45) is 5.92 Å². The van der Waals surface area contributed by atoms with Crippen molar-refractivity contribution in [3.63, 3.8) is 0 Å². The molecule has 1 atom stereocenters. The maximum Gasteiger partial charge on any atom is 0.306 e. The van der Waals surface area contributed by atoms with Gasteiger partial charge in [-0.15, -0.1) is 0 Å². The van der Waals surface area contributed by atoms with Crippen molar-refractivity contribution in [1.82, 2.24) is 0 Å². The van der Waals surface area contributed by atoms with Gasteiger partial charge in [0.2, 0.25) is 0 Å². The highest BCUT2D eigenvalue weighted by Crippen LogP contribution is 2.15. The third-order valence-electron chi connectivity index (χ3n) is 3.39. The first-order chi connectivity index (χ1) is 10.1. The van der Waals surface area contributed by atoms with Crippen molar-refractivity contribution >= 4 is 5.97 Å². The SMILES string of the molecule is C[C@@H](Cc1ccc(OCCc2ccccc2)cc1)C(=O)O. The summed E-state index contributed by atoms with van der Waals surface area (Å²) in [5, 5.41) is 8.90. The molecule has 2 rings (SSSR count). The van der Waals surface area contributed by atoms with Crippen LogP contribution < -0.4 is 4.74 Å². The summed E-state index contributed by atoms with van der Waals surface area (Å²) in [6, 6.07) is 17.9. The quantitative estimate of drug-likeness (QED) is 0.845. The molecule has 0 radical (unpaired) electrons. The summed E-state index contributed by atoms with van der Waals surface area (Å²) in [6.45, 7) is 2.35. The average Bonchev–Trinajstić information content (AvgIpc) is 2.50. The van der Waals surface area contributed by atoms with E-state index in [1.165, 1.54) is 5.56 Å². The summed E-state index contributed by atoms with van der Waals surface area (Å²) in [5.74, 6) is -0.314. The Morgan fingerprint density at radius 2 is 1.71 bits per heavy atom. The predicted molar refractivity (Wildman–Crippen MR) is 82.6 cm³/mol. The predicted octanol–water partition coefficient (Wildman–Crippen LogP) is 3.57. The molecule has 0 bridgehead atoms. The highest BCUT2D eigenvalue weighted by molar-refractivity contribution is 5.69. The fraction of sp³-hybridized carbons (Fsp3) is 0.278. The maximum atomic E-state index is 10.8. The number of ether oxygens (including phenoxy) is 1. The van der Waals surface area contributed by atoms with Crippen LogP contribution in [-0.2, 0) is 17.6 Å². The van der Waals surface area contributed by atoms with Gasteiger partial charge in [0, 0.05) is 6.42 Å². The lowest BCUT2D eigenvalue weighted by Crippen LogP contribution is -2.12. The van der Waals surface area contributed by atoms with E-state index in [0.29, 0.717) is 13.0 Å². The Morgan fingerprint density at radius 3 is 2.33 bits per heavy atom. The molecule has 0 aliphatic rings. The second-order valence-corrected chi connectivity index (χ2v) is 5.17. The first kappa shape index (κ1) is 15.1. The van der Waals surface area contributed by atoms with Crippen molar-refractivity contribution in [3.05, 3.63) is 65.7 Å². The number of carboxylic acid groups (broad SMARTS) is 1. The van der Waals surface area contributed by atoms with Crippen LogP contribution in [0.5, 0.6) is 5.75 Å². The Balaban J connectivity index is 1.81. The first-order valence-electron chi connectivity index (χ1n) is 7.13. The molecule has 0 heterocycles. The Bertz CT molecular complexity index is 561. The molecule has 21 heavy (non-hydrogen) atoms. The second-order valence-electron chi connectivity index (χ2n) is 5.17. The highest BCUT2D eigenvalue weighted by Gasteiger charge is 2.11. The monoisotopic (exact) mass is 284 g/mol. The fourth-order valence-electron chi connectivity index (χ4n) is 2.09. The van der Waals surface area contributed by atoms with Crippen LogP contribution in [0, 0.1) is 5.92 Å². The van der Waals surface area contributed by atoms with Crippen LogP contribution in [0.4, 0.5) is 0 Å². The molecule has 3 nitrogen and oxygen atoms in total. The van der Waals surface area contributed by atoms with E-state index in [9.17, 15) is 4.79 Å². The van der Waals surface area contributed by atoms with Gasteiger partial charge in [0.1, 0.15) is 5.75 Å². The van der Waals surface area contributed by atoms with E-state index in [1.807, 2.05) is 42.5 Å². The second kappa shape index (κ2) is 7.48. The van der Waals surface area contributed by atoms with Gasteiger partial charge in [-0.05, 0) is 29.7 Å². The lowest BCUT2D eigenvalue weighted by molar-refractivity contribution is -0.141. The highest BCUT2D eigenvalue weighted by atomic mass is 16.5. The molecule has 0 spiro atoms. The van der Waals surface area contributed by atoms with E-state index < -0.39 is 5.97 Å². The number of aliphatic carboxylic acids is 1. The molecule has 0 aromatic heterocycles.